The first-order valence-corrected chi connectivity index (χ1v) is 10.3. The van der Waals surface area contributed by atoms with Crippen LogP contribution in [0.4, 0.5) is 11.4 Å². The molecule has 0 fully saturated rings. The second-order valence-corrected chi connectivity index (χ2v) is 7.32. The summed E-state index contributed by atoms with van der Waals surface area (Å²) in [6, 6.07) is 20.2. The van der Waals surface area contributed by atoms with E-state index in [1.807, 2.05) is 36.4 Å². The van der Waals surface area contributed by atoms with E-state index in [9.17, 15) is 20.2 Å². The van der Waals surface area contributed by atoms with Gasteiger partial charge in [-0.05, 0) is 46.5 Å². The van der Waals surface area contributed by atoms with Crippen LogP contribution < -0.4 is 0 Å². The van der Waals surface area contributed by atoms with Gasteiger partial charge < -0.3 is 0 Å². The number of aromatic nitrogens is 2. The molecule has 0 bridgehead atoms. The number of nitrogens with zero attached hydrogens (tertiary/aromatic N) is 4. The van der Waals surface area contributed by atoms with Crippen LogP contribution >= 0.6 is 0 Å². The van der Waals surface area contributed by atoms with Crippen molar-refractivity contribution < 1.29 is 9.85 Å². The number of benzene rings is 2. The lowest BCUT2D eigenvalue weighted by molar-refractivity contribution is -0.385. The molecule has 0 amide bonds. The van der Waals surface area contributed by atoms with Gasteiger partial charge in [0.1, 0.15) is 0 Å². The second-order valence-electron chi connectivity index (χ2n) is 7.32. The van der Waals surface area contributed by atoms with Crippen molar-refractivity contribution in [2.75, 3.05) is 0 Å². The summed E-state index contributed by atoms with van der Waals surface area (Å²) >= 11 is 0. The van der Waals surface area contributed by atoms with Crippen LogP contribution in [0, 0.1) is 20.2 Å². The minimum atomic E-state index is -0.423. The van der Waals surface area contributed by atoms with E-state index in [1.54, 1.807) is 48.8 Å². The van der Waals surface area contributed by atoms with Crippen LogP contribution in [0.5, 0.6) is 0 Å². The van der Waals surface area contributed by atoms with E-state index in [1.165, 1.54) is 24.3 Å². The van der Waals surface area contributed by atoms with Gasteiger partial charge in [-0.15, -0.1) is 0 Å². The highest BCUT2D eigenvalue weighted by Crippen LogP contribution is 2.21. The van der Waals surface area contributed by atoms with E-state index in [-0.39, 0.29) is 11.4 Å². The summed E-state index contributed by atoms with van der Waals surface area (Å²) in [5, 5.41) is 21.9. The molecule has 0 aliphatic rings. The molecule has 34 heavy (non-hydrogen) atoms. The summed E-state index contributed by atoms with van der Waals surface area (Å²) in [6.07, 6.45) is 10.7. The van der Waals surface area contributed by atoms with Crippen molar-refractivity contribution in [2.24, 2.45) is 0 Å². The van der Waals surface area contributed by atoms with E-state index < -0.39 is 9.85 Å². The molecule has 2 aromatic heterocycles. The molecule has 0 unspecified atom stereocenters. The Morgan fingerprint density at radius 2 is 0.941 bits per heavy atom. The molecule has 0 saturated carbocycles. The number of pyridine rings is 2. The number of nitro benzene ring substituents is 2. The second kappa shape index (κ2) is 10.1. The Balaban J connectivity index is 1.54. The predicted octanol–water partition coefficient (Wildman–Crippen LogP) is 6.30. The van der Waals surface area contributed by atoms with E-state index in [2.05, 4.69) is 9.97 Å². The van der Waals surface area contributed by atoms with Gasteiger partial charge in [0.05, 0.1) is 21.2 Å². The van der Waals surface area contributed by atoms with Crippen LogP contribution in [-0.2, 0) is 0 Å². The highest BCUT2D eigenvalue weighted by atomic mass is 16.6. The van der Waals surface area contributed by atoms with E-state index >= 15 is 0 Å². The van der Waals surface area contributed by atoms with Crippen LogP contribution in [0.2, 0.25) is 0 Å². The standard InChI is InChI=1S/C26H18N4O4/c31-29(32)23-5-1-3-19(15-23)7-9-21-11-13-27-25(17-21)26-18-22(12-14-28-26)10-8-20-4-2-6-24(16-20)30(33)34/h1-18H/b9-7+,10-8+. The zero-order valence-electron chi connectivity index (χ0n) is 17.8. The number of non-ortho nitro benzene ring substituents is 2. The third kappa shape index (κ3) is 5.63. The molecule has 0 saturated heterocycles. The van der Waals surface area contributed by atoms with E-state index in [0.29, 0.717) is 11.4 Å². The van der Waals surface area contributed by atoms with Gasteiger partial charge in [-0.2, -0.15) is 0 Å². The molecule has 2 aromatic carbocycles. The molecular formula is C26H18N4O4. The molecular weight excluding hydrogens is 432 g/mol. The highest BCUT2D eigenvalue weighted by molar-refractivity contribution is 5.74. The fraction of sp³-hybridized carbons (Fsp3) is 0. The minimum Gasteiger partial charge on any atom is -0.258 e. The first-order chi connectivity index (χ1) is 16.5. The Morgan fingerprint density at radius 3 is 1.32 bits per heavy atom. The molecule has 0 N–H and O–H groups in total. The molecule has 2 heterocycles. The first-order valence-electron chi connectivity index (χ1n) is 10.3. The van der Waals surface area contributed by atoms with Crippen LogP contribution in [0.3, 0.4) is 0 Å². The fourth-order valence-electron chi connectivity index (χ4n) is 3.25. The lowest BCUT2D eigenvalue weighted by atomic mass is 10.1. The summed E-state index contributed by atoms with van der Waals surface area (Å²) in [6.45, 7) is 0. The largest absolute Gasteiger partial charge is 0.270 e. The van der Waals surface area contributed by atoms with Crippen molar-refractivity contribution in [2.45, 2.75) is 0 Å². The molecule has 8 nitrogen and oxygen atoms in total. The lowest BCUT2D eigenvalue weighted by Gasteiger charge is -2.03. The Labute approximate surface area is 194 Å². The van der Waals surface area contributed by atoms with Crippen molar-refractivity contribution in [1.29, 1.82) is 0 Å². The summed E-state index contributed by atoms with van der Waals surface area (Å²) in [5.41, 5.74) is 4.61. The normalized spacial score (nSPS) is 11.2. The first kappa shape index (κ1) is 22.2. The van der Waals surface area contributed by atoms with Gasteiger partial charge in [0.2, 0.25) is 0 Å². The van der Waals surface area contributed by atoms with Gasteiger partial charge in [0.25, 0.3) is 11.4 Å². The molecule has 0 aliphatic heterocycles. The van der Waals surface area contributed by atoms with Gasteiger partial charge >= 0.3 is 0 Å². The van der Waals surface area contributed by atoms with Crippen LogP contribution in [0.15, 0.2) is 85.2 Å². The molecule has 4 rings (SSSR count). The third-order valence-corrected chi connectivity index (χ3v) is 4.93. The molecule has 8 heteroatoms. The summed E-state index contributed by atoms with van der Waals surface area (Å²) in [4.78, 5) is 29.9. The van der Waals surface area contributed by atoms with Crippen molar-refractivity contribution in [3.63, 3.8) is 0 Å². The van der Waals surface area contributed by atoms with Crippen LogP contribution in [0.25, 0.3) is 35.7 Å². The fourth-order valence-corrected chi connectivity index (χ4v) is 3.25. The molecule has 0 aliphatic carbocycles. The van der Waals surface area contributed by atoms with Crippen LogP contribution in [0.1, 0.15) is 22.3 Å². The lowest BCUT2D eigenvalue weighted by Crippen LogP contribution is -1.89. The monoisotopic (exact) mass is 450 g/mol. The Hall–Kier alpha value is -4.98. The summed E-state index contributed by atoms with van der Waals surface area (Å²) < 4.78 is 0. The van der Waals surface area contributed by atoms with Gasteiger partial charge in [0.15, 0.2) is 0 Å². The summed E-state index contributed by atoms with van der Waals surface area (Å²) in [7, 11) is 0. The third-order valence-electron chi connectivity index (χ3n) is 4.93. The van der Waals surface area contributed by atoms with Crippen molar-refractivity contribution in [3.8, 4) is 11.4 Å². The Morgan fingerprint density at radius 1 is 0.559 bits per heavy atom. The van der Waals surface area contributed by atoms with Crippen molar-refractivity contribution >= 4 is 35.7 Å². The van der Waals surface area contributed by atoms with E-state index in [4.69, 9.17) is 0 Å². The zero-order chi connectivity index (χ0) is 23.9. The van der Waals surface area contributed by atoms with Gasteiger partial charge in [-0.1, -0.05) is 48.6 Å². The number of hydrogen-bond acceptors (Lipinski definition) is 6. The highest BCUT2D eigenvalue weighted by Gasteiger charge is 2.06. The Kier molecular flexibility index (Phi) is 6.60. The molecule has 0 spiro atoms. The number of hydrogen-bond donors (Lipinski definition) is 0. The van der Waals surface area contributed by atoms with Crippen molar-refractivity contribution in [1.82, 2.24) is 9.97 Å². The topological polar surface area (TPSA) is 112 Å². The maximum Gasteiger partial charge on any atom is 0.270 e. The van der Waals surface area contributed by atoms with Crippen molar-refractivity contribution in [3.05, 3.63) is 128 Å². The van der Waals surface area contributed by atoms with Crippen LogP contribution in [-0.4, -0.2) is 19.8 Å². The average Bonchev–Trinajstić information content (AvgIpc) is 2.87. The van der Waals surface area contributed by atoms with Gasteiger partial charge in [0, 0.05) is 36.7 Å². The van der Waals surface area contributed by atoms with Gasteiger partial charge in [-0.3, -0.25) is 30.2 Å². The maximum atomic E-state index is 11.0. The van der Waals surface area contributed by atoms with Gasteiger partial charge in [-0.25, -0.2) is 0 Å². The van der Waals surface area contributed by atoms with E-state index in [0.717, 1.165) is 22.3 Å². The predicted molar refractivity (Wildman–Crippen MR) is 132 cm³/mol. The quantitative estimate of drug-likeness (QED) is 0.241. The SMILES string of the molecule is O=[N+]([O-])c1cccc(/C=C/c2ccnc(-c3cc(/C=C/c4cccc([N+](=O)[O-])c4)ccn3)c2)c1. The zero-order valence-corrected chi connectivity index (χ0v) is 17.8. The summed E-state index contributed by atoms with van der Waals surface area (Å²) in [5.74, 6) is 0. The maximum absolute atomic E-state index is 11.0. The molecule has 4 aromatic rings. The number of rotatable bonds is 7. The Bertz CT molecular complexity index is 1320. The smallest absolute Gasteiger partial charge is 0.258 e. The molecule has 0 radical (unpaired) electrons. The number of nitro groups is 2. The molecule has 0 atom stereocenters. The molecule has 166 valence electrons. The minimum absolute atomic E-state index is 0.0387. The average molecular weight is 450 g/mol.